The molecule has 24 heavy (non-hydrogen) atoms. The molecular weight excluding hydrogens is 304 g/mol. The zero-order valence-corrected chi connectivity index (χ0v) is 14.6. The first-order valence-electron chi connectivity index (χ1n) is 7.83. The largest absolute Gasteiger partial charge is 0.504 e. The van der Waals surface area contributed by atoms with Crippen molar-refractivity contribution in [2.75, 3.05) is 5.32 Å². The Balaban J connectivity index is 2.09. The maximum absolute atomic E-state index is 11.5. The molecule has 2 aromatic heterocycles. The summed E-state index contributed by atoms with van der Waals surface area (Å²) < 4.78 is 1.83. The Kier molecular flexibility index (Phi) is 3.63. The first kappa shape index (κ1) is 16.1. The number of aromatic amines is 1. The summed E-state index contributed by atoms with van der Waals surface area (Å²) in [5, 5.41) is 13.9. The second-order valence-corrected chi connectivity index (χ2v) is 7.10. The molecule has 0 aliphatic rings. The summed E-state index contributed by atoms with van der Waals surface area (Å²) in [6.07, 6.45) is 1.84. The number of carbonyl (C=O) groups excluding carboxylic acids is 1. The molecule has 0 aliphatic heterocycles. The number of fused-ring (bicyclic) bond motifs is 1. The lowest BCUT2D eigenvalue weighted by Crippen LogP contribution is -2.25. The molecule has 0 amide bonds. The van der Waals surface area contributed by atoms with Gasteiger partial charge in [0.15, 0.2) is 17.4 Å². The van der Waals surface area contributed by atoms with Crippen molar-refractivity contribution in [2.45, 2.75) is 33.2 Å². The van der Waals surface area contributed by atoms with Crippen molar-refractivity contribution < 1.29 is 9.90 Å². The highest BCUT2D eigenvalue weighted by atomic mass is 16.3. The van der Waals surface area contributed by atoms with E-state index in [0.29, 0.717) is 22.8 Å². The Hall–Kier alpha value is -2.76. The molecule has 0 unspecified atom stereocenters. The van der Waals surface area contributed by atoms with Crippen molar-refractivity contribution >= 4 is 22.5 Å². The van der Waals surface area contributed by atoms with E-state index in [1.165, 1.54) is 6.92 Å². The normalized spacial score (nSPS) is 11.9. The number of nitrogens with zero attached hydrogens (tertiary/aromatic N) is 2. The third-order valence-electron chi connectivity index (χ3n) is 3.78. The van der Waals surface area contributed by atoms with Gasteiger partial charge in [0.1, 0.15) is 5.69 Å². The summed E-state index contributed by atoms with van der Waals surface area (Å²) in [6.45, 7) is 7.63. The van der Waals surface area contributed by atoms with Gasteiger partial charge in [-0.2, -0.15) is 0 Å². The number of rotatable bonds is 3. The monoisotopic (exact) mass is 326 g/mol. The van der Waals surface area contributed by atoms with E-state index in [1.807, 2.05) is 38.6 Å². The van der Waals surface area contributed by atoms with Gasteiger partial charge in [-0.25, -0.2) is 4.98 Å². The van der Waals surface area contributed by atoms with Crippen LogP contribution >= 0.6 is 0 Å². The minimum atomic E-state index is -0.166. The third kappa shape index (κ3) is 2.87. The quantitative estimate of drug-likeness (QED) is 0.641. The zero-order valence-electron chi connectivity index (χ0n) is 14.6. The Morgan fingerprint density at radius 2 is 2.04 bits per heavy atom. The van der Waals surface area contributed by atoms with Crippen LogP contribution < -0.4 is 5.32 Å². The van der Waals surface area contributed by atoms with Gasteiger partial charge in [0.05, 0.1) is 16.7 Å². The van der Waals surface area contributed by atoms with Crippen molar-refractivity contribution in [3.05, 3.63) is 30.0 Å². The van der Waals surface area contributed by atoms with E-state index in [2.05, 4.69) is 15.3 Å². The van der Waals surface area contributed by atoms with Crippen LogP contribution in [0.3, 0.4) is 0 Å². The standard InChI is InChI=1S/C18H22N4O2/c1-10(23)11-6-7-12-13(8-11)20-17(19-12)15-16(24)14(9-22(15)5)21-18(2,3)4/h6-9,21,24H,1-5H3,(H,19,20). The molecule has 0 saturated carbocycles. The Morgan fingerprint density at radius 1 is 1.33 bits per heavy atom. The van der Waals surface area contributed by atoms with Gasteiger partial charge in [0.2, 0.25) is 0 Å². The highest BCUT2D eigenvalue weighted by Gasteiger charge is 2.21. The SMILES string of the molecule is CC(=O)c1ccc2nc(-c3c(O)c(NC(C)(C)C)cn3C)[nH]c2c1. The number of aryl methyl sites for hydroxylation is 1. The number of aromatic nitrogens is 3. The van der Waals surface area contributed by atoms with Crippen molar-refractivity contribution in [1.82, 2.24) is 14.5 Å². The molecule has 1 aromatic carbocycles. The summed E-state index contributed by atoms with van der Waals surface area (Å²) in [7, 11) is 1.86. The van der Waals surface area contributed by atoms with Gasteiger partial charge in [-0.1, -0.05) is 0 Å². The fraction of sp³-hybridized carbons (Fsp3) is 0.333. The Labute approximate surface area is 140 Å². The number of nitrogens with one attached hydrogen (secondary N) is 2. The van der Waals surface area contributed by atoms with Crippen LogP contribution in [0.1, 0.15) is 38.1 Å². The van der Waals surface area contributed by atoms with Crippen molar-refractivity contribution in [3.8, 4) is 17.3 Å². The fourth-order valence-corrected chi connectivity index (χ4v) is 2.73. The number of imidazole rings is 1. The van der Waals surface area contributed by atoms with Gasteiger partial charge >= 0.3 is 0 Å². The number of carbonyl (C=O) groups is 1. The van der Waals surface area contributed by atoms with Crippen LogP contribution in [0.2, 0.25) is 0 Å². The van der Waals surface area contributed by atoms with Crippen LogP contribution in [0.15, 0.2) is 24.4 Å². The van der Waals surface area contributed by atoms with Crippen LogP contribution in [0.5, 0.6) is 5.75 Å². The van der Waals surface area contributed by atoms with Gasteiger partial charge in [-0.05, 0) is 45.9 Å². The molecule has 3 N–H and O–H groups in total. The van der Waals surface area contributed by atoms with Crippen LogP contribution in [0, 0.1) is 0 Å². The fourth-order valence-electron chi connectivity index (χ4n) is 2.73. The molecule has 0 radical (unpaired) electrons. The van der Waals surface area contributed by atoms with E-state index in [9.17, 15) is 9.90 Å². The van der Waals surface area contributed by atoms with Crippen LogP contribution in [0.25, 0.3) is 22.6 Å². The molecule has 126 valence electrons. The van der Waals surface area contributed by atoms with Gasteiger partial charge in [0.25, 0.3) is 0 Å². The molecule has 0 aliphatic carbocycles. The summed E-state index contributed by atoms with van der Waals surface area (Å²) >= 11 is 0. The van der Waals surface area contributed by atoms with E-state index in [1.54, 1.807) is 18.2 Å². The summed E-state index contributed by atoms with van der Waals surface area (Å²) in [5.74, 6) is 0.720. The molecular formula is C18H22N4O2. The molecule has 3 aromatic rings. The van der Waals surface area contributed by atoms with Gasteiger partial charge < -0.3 is 20.0 Å². The molecule has 0 atom stereocenters. The number of H-pyrrole nitrogens is 1. The highest BCUT2D eigenvalue weighted by molar-refractivity contribution is 5.97. The molecule has 0 saturated heterocycles. The minimum Gasteiger partial charge on any atom is -0.504 e. The van der Waals surface area contributed by atoms with Crippen LogP contribution in [0.4, 0.5) is 5.69 Å². The second-order valence-electron chi connectivity index (χ2n) is 7.10. The maximum atomic E-state index is 11.5. The summed E-state index contributed by atoms with van der Waals surface area (Å²) in [4.78, 5) is 19.3. The first-order valence-corrected chi connectivity index (χ1v) is 7.83. The molecule has 6 nitrogen and oxygen atoms in total. The molecule has 2 heterocycles. The lowest BCUT2D eigenvalue weighted by Gasteiger charge is -2.21. The molecule has 0 bridgehead atoms. The van der Waals surface area contributed by atoms with Crippen molar-refractivity contribution in [2.24, 2.45) is 7.05 Å². The van der Waals surface area contributed by atoms with E-state index in [-0.39, 0.29) is 17.1 Å². The molecule has 0 spiro atoms. The minimum absolute atomic E-state index is 0.00595. The number of anilines is 1. The third-order valence-corrected chi connectivity index (χ3v) is 3.78. The molecule has 6 heteroatoms. The van der Waals surface area contributed by atoms with Gasteiger partial charge in [-0.15, -0.1) is 0 Å². The second kappa shape index (κ2) is 5.40. The number of benzene rings is 1. The number of aromatic hydroxyl groups is 1. The first-order chi connectivity index (χ1) is 11.2. The summed E-state index contributed by atoms with van der Waals surface area (Å²) in [6, 6.07) is 5.34. The van der Waals surface area contributed by atoms with E-state index >= 15 is 0 Å². The van der Waals surface area contributed by atoms with E-state index in [4.69, 9.17) is 0 Å². The van der Waals surface area contributed by atoms with Gasteiger partial charge in [-0.3, -0.25) is 4.79 Å². The maximum Gasteiger partial charge on any atom is 0.168 e. The van der Waals surface area contributed by atoms with E-state index in [0.717, 1.165) is 11.0 Å². The number of hydrogen-bond acceptors (Lipinski definition) is 4. The predicted molar refractivity (Wildman–Crippen MR) is 95.5 cm³/mol. The lowest BCUT2D eigenvalue weighted by molar-refractivity contribution is 0.101. The van der Waals surface area contributed by atoms with Crippen LogP contribution in [-0.4, -0.2) is 31.0 Å². The number of Topliss-reactive ketones (excluding diaryl/α,β-unsaturated/α-hetero) is 1. The Morgan fingerprint density at radius 3 is 2.67 bits per heavy atom. The van der Waals surface area contributed by atoms with Crippen LogP contribution in [-0.2, 0) is 7.05 Å². The van der Waals surface area contributed by atoms with Crippen molar-refractivity contribution in [1.29, 1.82) is 0 Å². The topological polar surface area (TPSA) is 82.9 Å². The van der Waals surface area contributed by atoms with Gasteiger partial charge in [0, 0.05) is 24.3 Å². The van der Waals surface area contributed by atoms with Crippen molar-refractivity contribution in [3.63, 3.8) is 0 Å². The average molecular weight is 326 g/mol. The zero-order chi connectivity index (χ0) is 17.6. The predicted octanol–water partition coefficient (Wildman–Crippen LogP) is 3.69. The highest BCUT2D eigenvalue weighted by Crippen LogP contribution is 2.37. The molecule has 0 fully saturated rings. The molecule has 3 rings (SSSR count). The van der Waals surface area contributed by atoms with E-state index < -0.39 is 0 Å². The lowest BCUT2D eigenvalue weighted by atomic mass is 10.1. The smallest absolute Gasteiger partial charge is 0.168 e. The Bertz CT molecular complexity index is 929. The summed E-state index contributed by atoms with van der Waals surface area (Å²) in [5.41, 5.74) is 3.24. The number of hydrogen-bond donors (Lipinski definition) is 3. The average Bonchev–Trinajstić information content (AvgIpc) is 2.97. The number of ketones is 1.